The Balaban J connectivity index is 2.00. The minimum absolute atomic E-state index is 0.0218. The van der Waals surface area contributed by atoms with Gasteiger partial charge in [-0.2, -0.15) is 5.10 Å². The molecule has 0 bridgehead atoms. The first-order valence-electron chi connectivity index (χ1n) is 6.67. The second kappa shape index (κ2) is 6.91. The highest BCUT2D eigenvalue weighted by Crippen LogP contribution is 2.07. The third-order valence-electron chi connectivity index (χ3n) is 3.03. The lowest BCUT2D eigenvalue weighted by Gasteiger charge is -2.09. The molecule has 2 rings (SSSR count). The molecule has 0 unspecified atom stereocenters. The van der Waals surface area contributed by atoms with E-state index in [1.807, 2.05) is 23.3 Å². The van der Waals surface area contributed by atoms with E-state index in [-0.39, 0.29) is 5.56 Å². The third kappa shape index (κ3) is 3.71. The van der Waals surface area contributed by atoms with Gasteiger partial charge in [-0.3, -0.25) is 9.48 Å². The first kappa shape index (κ1) is 14.3. The Morgan fingerprint density at radius 2 is 2.20 bits per heavy atom. The molecule has 2 aromatic rings. The highest BCUT2D eigenvalue weighted by molar-refractivity contribution is 5.40. The van der Waals surface area contributed by atoms with Gasteiger partial charge in [-0.05, 0) is 13.0 Å². The van der Waals surface area contributed by atoms with Crippen LogP contribution in [0.4, 0.5) is 5.69 Å². The Kier molecular flexibility index (Phi) is 4.95. The van der Waals surface area contributed by atoms with Crippen LogP contribution in [0.2, 0.25) is 0 Å². The molecule has 0 amide bonds. The van der Waals surface area contributed by atoms with Crippen molar-refractivity contribution >= 4 is 5.69 Å². The number of nitrogens with one attached hydrogen (secondary N) is 1. The van der Waals surface area contributed by atoms with Crippen molar-refractivity contribution in [2.75, 3.05) is 19.0 Å². The summed E-state index contributed by atoms with van der Waals surface area (Å²) in [7, 11) is 1.62. The van der Waals surface area contributed by atoms with E-state index in [1.54, 1.807) is 23.8 Å². The molecule has 0 aromatic carbocycles. The highest BCUT2D eigenvalue weighted by Gasteiger charge is 2.00. The van der Waals surface area contributed by atoms with E-state index in [4.69, 9.17) is 4.74 Å². The van der Waals surface area contributed by atoms with Crippen LogP contribution in [-0.2, 0) is 24.4 Å². The van der Waals surface area contributed by atoms with E-state index in [0.29, 0.717) is 19.7 Å². The van der Waals surface area contributed by atoms with Crippen LogP contribution in [0, 0.1) is 0 Å². The monoisotopic (exact) mass is 276 g/mol. The van der Waals surface area contributed by atoms with Crippen LogP contribution in [0.5, 0.6) is 0 Å². The van der Waals surface area contributed by atoms with Gasteiger partial charge in [0.15, 0.2) is 0 Å². The van der Waals surface area contributed by atoms with Gasteiger partial charge in [0.2, 0.25) is 0 Å². The molecule has 2 heterocycles. The average molecular weight is 276 g/mol. The summed E-state index contributed by atoms with van der Waals surface area (Å²) < 4.78 is 8.52. The SMILES string of the molecule is CCn1cc(CNc2ccc(=O)n(CCOC)c2)cn1. The minimum Gasteiger partial charge on any atom is -0.383 e. The predicted molar refractivity (Wildman–Crippen MR) is 77.8 cm³/mol. The maximum Gasteiger partial charge on any atom is 0.250 e. The van der Waals surface area contributed by atoms with E-state index in [0.717, 1.165) is 17.8 Å². The fraction of sp³-hybridized carbons (Fsp3) is 0.429. The van der Waals surface area contributed by atoms with Crippen LogP contribution in [0.25, 0.3) is 0 Å². The molecule has 0 atom stereocenters. The van der Waals surface area contributed by atoms with Crippen molar-refractivity contribution in [1.82, 2.24) is 14.3 Å². The van der Waals surface area contributed by atoms with Crippen molar-refractivity contribution in [2.45, 2.75) is 26.6 Å². The van der Waals surface area contributed by atoms with Gasteiger partial charge in [0, 0.05) is 50.8 Å². The summed E-state index contributed by atoms with van der Waals surface area (Å²) in [4.78, 5) is 11.7. The number of hydrogen-bond donors (Lipinski definition) is 1. The molecule has 0 aliphatic heterocycles. The van der Waals surface area contributed by atoms with Gasteiger partial charge in [-0.15, -0.1) is 0 Å². The van der Waals surface area contributed by atoms with E-state index in [1.165, 1.54) is 0 Å². The van der Waals surface area contributed by atoms with Crippen molar-refractivity contribution in [3.05, 3.63) is 46.6 Å². The Morgan fingerprint density at radius 3 is 2.90 bits per heavy atom. The molecule has 1 N–H and O–H groups in total. The molecule has 0 spiro atoms. The molecule has 6 heteroatoms. The maximum absolute atomic E-state index is 11.7. The second-order valence-electron chi connectivity index (χ2n) is 4.50. The number of ether oxygens (including phenoxy) is 1. The largest absolute Gasteiger partial charge is 0.383 e. The van der Waals surface area contributed by atoms with Crippen molar-refractivity contribution in [3.63, 3.8) is 0 Å². The number of nitrogens with zero attached hydrogens (tertiary/aromatic N) is 3. The number of anilines is 1. The van der Waals surface area contributed by atoms with E-state index in [2.05, 4.69) is 17.3 Å². The summed E-state index contributed by atoms with van der Waals surface area (Å²) in [6.07, 6.45) is 5.66. The molecule has 0 radical (unpaired) electrons. The summed E-state index contributed by atoms with van der Waals surface area (Å²) in [6.45, 7) is 4.67. The van der Waals surface area contributed by atoms with Crippen molar-refractivity contribution in [2.24, 2.45) is 0 Å². The highest BCUT2D eigenvalue weighted by atomic mass is 16.5. The van der Waals surface area contributed by atoms with Gasteiger partial charge in [0.05, 0.1) is 18.5 Å². The smallest absolute Gasteiger partial charge is 0.250 e. The predicted octanol–water partition coefficient (Wildman–Crippen LogP) is 1.32. The zero-order valence-corrected chi connectivity index (χ0v) is 11.9. The quantitative estimate of drug-likeness (QED) is 0.828. The molecule has 0 aliphatic carbocycles. The standard InChI is InChI=1S/C14H20N4O2/c1-3-18-10-12(9-16-18)8-15-13-4-5-14(19)17(11-13)6-7-20-2/h4-5,9-11,15H,3,6-8H2,1-2H3. The summed E-state index contributed by atoms with van der Waals surface area (Å²) in [5, 5.41) is 7.51. The van der Waals surface area contributed by atoms with Crippen molar-refractivity contribution in [3.8, 4) is 0 Å². The normalized spacial score (nSPS) is 10.7. The minimum atomic E-state index is -0.0218. The first-order valence-corrected chi connectivity index (χ1v) is 6.67. The van der Waals surface area contributed by atoms with Crippen molar-refractivity contribution < 1.29 is 4.74 Å². The van der Waals surface area contributed by atoms with Crippen LogP contribution in [0.1, 0.15) is 12.5 Å². The van der Waals surface area contributed by atoms with Crippen LogP contribution in [0.15, 0.2) is 35.5 Å². The molecule has 108 valence electrons. The van der Waals surface area contributed by atoms with Crippen LogP contribution < -0.4 is 10.9 Å². The van der Waals surface area contributed by atoms with Gasteiger partial charge in [0.25, 0.3) is 5.56 Å². The van der Waals surface area contributed by atoms with Crippen LogP contribution in [-0.4, -0.2) is 28.1 Å². The fourth-order valence-electron chi connectivity index (χ4n) is 1.88. The Bertz CT molecular complexity index is 603. The molecule has 6 nitrogen and oxygen atoms in total. The van der Waals surface area contributed by atoms with Gasteiger partial charge in [-0.1, -0.05) is 0 Å². The van der Waals surface area contributed by atoms with Gasteiger partial charge < -0.3 is 14.6 Å². The van der Waals surface area contributed by atoms with Crippen molar-refractivity contribution in [1.29, 1.82) is 0 Å². The average Bonchev–Trinajstić information content (AvgIpc) is 2.93. The third-order valence-corrected chi connectivity index (χ3v) is 3.03. The Morgan fingerprint density at radius 1 is 1.35 bits per heavy atom. The Hall–Kier alpha value is -2.08. The lowest BCUT2D eigenvalue weighted by molar-refractivity contribution is 0.186. The number of rotatable bonds is 7. The zero-order chi connectivity index (χ0) is 14.4. The number of methoxy groups -OCH3 is 1. The molecule has 20 heavy (non-hydrogen) atoms. The topological polar surface area (TPSA) is 61.1 Å². The second-order valence-corrected chi connectivity index (χ2v) is 4.50. The van der Waals surface area contributed by atoms with E-state index >= 15 is 0 Å². The summed E-state index contributed by atoms with van der Waals surface area (Å²) >= 11 is 0. The van der Waals surface area contributed by atoms with E-state index < -0.39 is 0 Å². The maximum atomic E-state index is 11.7. The molecule has 0 saturated heterocycles. The lowest BCUT2D eigenvalue weighted by atomic mass is 10.3. The summed E-state index contributed by atoms with van der Waals surface area (Å²) in [5.74, 6) is 0. The van der Waals surface area contributed by atoms with Crippen LogP contribution in [0.3, 0.4) is 0 Å². The molecule has 2 aromatic heterocycles. The summed E-state index contributed by atoms with van der Waals surface area (Å²) in [5.41, 5.74) is 2.00. The van der Waals surface area contributed by atoms with Crippen LogP contribution >= 0.6 is 0 Å². The molecular weight excluding hydrogens is 256 g/mol. The zero-order valence-electron chi connectivity index (χ0n) is 11.9. The van der Waals surface area contributed by atoms with Gasteiger partial charge in [0.1, 0.15) is 0 Å². The molecule has 0 fully saturated rings. The first-order chi connectivity index (χ1) is 9.72. The summed E-state index contributed by atoms with van der Waals surface area (Å²) in [6, 6.07) is 3.35. The van der Waals surface area contributed by atoms with Gasteiger partial charge >= 0.3 is 0 Å². The molecule has 0 saturated carbocycles. The van der Waals surface area contributed by atoms with E-state index in [9.17, 15) is 4.79 Å². The number of pyridine rings is 1. The number of aromatic nitrogens is 3. The fourth-order valence-corrected chi connectivity index (χ4v) is 1.88. The Labute approximate surface area is 118 Å². The number of hydrogen-bond acceptors (Lipinski definition) is 4. The lowest BCUT2D eigenvalue weighted by Crippen LogP contribution is -2.21. The molecular formula is C14H20N4O2. The molecule has 0 aliphatic rings. The number of aryl methyl sites for hydroxylation is 1. The van der Waals surface area contributed by atoms with Gasteiger partial charge in [-0.25, -0.2) is 0 Å².